The van der Waals surface area contributed by atoms with Crippen LogP contribution in [0.4, 0.5) is 0 Å². The fraction of sp³-hybridized carbons (Fsp3) is 0.375. The molecule has 2 heterocycles. The minimum Gasteiger partial charge on any atom is -0.457 e. The molecule has 0 saturated carbocycles. The predicted molar refractivity (Wildman–Crippen MR) is 50.1 cm³/mol. The number of carbonyl (C=O) groups is 1. The second-order valence-electron chi connectivity index (χ2n) is 2.83. The number of nitrogens with one attached hydrogen (secondary N) is 1. The number of hydrogen-bond donors (Lipinski definition) is 1. The molecular weight excluding hydrogens is 236 g/mol. The minimum absolute atomic E-state index is 0.0434. The summed E-state index contributed by atoms with van der Waals surface area (Å²) >= 11 is 3.17. The number of nitrogens with zero attached hydrogens (tertiary/aromatic N) is 1. The summed E-state index contributed by atoms with van der Waals surface area (Å²) in [4.78, 5) is 11.7. The molecule has 0 atom stereocenters. The maximum Gasteiger partial charge on any atom is 0.272 e. The van der Waals surface area contributed by atoms with Crippen LogP contribution in [0.2, 0.25) is 0 Å². The first-order valence-corrected chi connectivity index (χ1v) is 4.86. The van der Waals surface area contributed by atoms with Crippen LogP contribution < -0.4 is 5.43 Å². The maximum absolute atomic E-state index is 11.7. The highest BCUT2D eigenvalue weighted by atomic mass is 79.9. The number of hydrazine groups is 1. The molecule has 70 valence electrons. The van der Waals surface area contributed by atoms with E-state index in [4.69, 9.17) is 4.42 Å². The van der Waals surface area contributed by atoms with Gasteiger partial charge < -0.3 is 4.42 Å². The number of furan rings is 1. The quantitative estimate of drug-likeness (QED) is 0.813. The average molecular weight is 245 g/mol. The van der Waals surface area contributed by atoms with Crippen LogP contribution in [0.15, 0.2) is 21.4 Å². The Balaban J connectivity index is 2.17. The third kappa shape index (κ3) is 1.62. The maximum atomic E-state index is 11.7. The van der Waals surface area contributed by atoms with Gasteiger partial charge in [0.25, 0.3) is 5.91 Å². The molecule has 4 nitrogen and oxygen atoms in total. The fourth-order valence-electron chi connectivity index (χ4n) is 1.30. The second-order valence-corrected chi connectivity index (χ2v) is 3.55. The lowest BCUT2D eigenvalue weighted by atomic mass is 10.3. The van der Waals surface area contributed by atoms with Gasteiger partial charge in [0.15, 0.2) is 4.67 Å². The lowest BCUT2D eigenvalue weighted by Crippen LogP contribution is -2.36. The van der Waals surface area contributed by atoms with Crippen LogP contribution in [0.5, 0.6) is 0 Å². The molecule has 1 aromatic rings. The number of rotatable bonds is 1. The van der Waals surface area contributed by atoms with E-state index in [-0.39, 0.29) is 5.91 Å². The van der Waals surface area contributed by atoms with E-state index >= 15 is 0 Å². The summed E-state index contributed by atoms with van der Waals surface area (Å²) in [7, 11) is 0. The van der Waals surface area contributed by atoms with Gasteiger partial charge in [0.2, 0.25) is 0 Å². The van der Waals surface area contributed by atoms with Gasteiger partial charge in [0.1, 0.15) is 0 Å². The van der Waals surface area contributed by atoms with E-state index < -0.39 is 0 Å². The summed E-state index contributed by atoms with van der Waals surface area (Å²) in [6.07, 6.45) is 2.49. The Hall–Kier alpha value is -0.810. The van der Waals surface area contributed by atoms with Crippen molar-refractivity contribution in [2.45, 2.75) is 6.42 Å². The van der Waals surface area contributed by atoms with Gasteiger partial charge in [-0.1, -0.05) is 0 Å². The van der Waals surface area contributed by atoms with Crippen molar-refractivity contribution in [2.75, 3.05) is 13.1 Å². The zero-order chi connectivity index (χ0) is 9.26. The first-order chi connectivity index (χ1) is 6.29. The first-order valence-electron chi connectivity index (χ1n) is 4.07. The summed E-state index contributed by atoms with van der Waals surface area (Å²) in [5.74, 6) is -0.0434. The zero-order valence-corrected chi connectivity index (χ0v) is 8.50. The molecule has 1 amide bonds. The average Bonchev–Trinajstić information content (AvgIpc) is 2.72. The van der Waals surface area contributed by atoms with Crippen molar-refractivity contribution in [1.29, 1.82) is 0 Å². The van der Waals surface area contributed by atoms with Crippen molar-refractivity contribution in [3.8, 4) is 0 Å². The Morgan fingerprint density at radius 1 is 1.69 bits per heavy atom. The standard InChI is InChI=1S/C8H9BrN2O2/c9-7-6(2-5-13-7)8(12)11-4-1-3-10-11/h2,5,10H,1,3-4H2. The van der Waals surface area contributed by atoms with Crippen LogP contribution in [0, 0.1) is 0 Å². The summed E-state index contributed by atoms with van der Waals surface area (Å²) in [5.41, 5.74) is 3.56. The Labute approximate surface area is 84.0 Å². The lowest BCUT2D eigenvalue weighted by Gasteiger charge is -2.13. The van der Waals surface area contributed by atoms with E-state index in [0.717, 1.165) is 19.5 Å². The molecular formula is C8H9BrN2O2. The lowest BCUT2D eigenvalue weighted by molar-refractivity contribution is 0.0724. The molecule has 1 aliphatic rings. The molecule has 13 heavy (non-hydrogen) atoms. The van der Waals surface area contributed by atoms with Crippen LogP contribution in [0.1, 0.15) is 16.8 Å². The molecule has 2 rings (SSSR count). The molecule has 0 unspecified atom stereocenters. The third-order valence-electron chi connectivity index (χ3n) is 1.95. The van der Waals surface area contributed by atoms with Crippen LogP contribution in [-0.2, 0) is 0 Å². The Morgan fingerprint density at radius 2 is 2.54 bits per heavy atom. The molecule has 1 aromatic heterocycles. The monoisotopic (exact) mass is 244 g/mol. The van der Waals surface area contributed by atoms with Gasteiger partial charge in [-0.3, -0.25) is 9.80 Å². The van der Waals surface area contributed by atoms with E-state index in [0.29, 0.717) is 10.2 Å². The van der Waals surface area contributed by atoms with Crippen molar-refractivity contribution in [2.24, 2.45) is 0 Å². The van der Waals surface area contributed by atoms with Gasteiger partial charge in [-0.2, -0.15) is 0 Å². The number of hydrogen-bond acceptors (Lipinski definition) is 3. The molecule has 5 heteroatoms. The summed E-state index contributed by atoms with van der Waals surface area (Å²) < 4.78 is 5.48. The second kappa shape index (κ2) is 3.51. The highest BCUT2D eigenvalue weighted by Gasteiger charge is 2.22. The van der Waals surface area contributed by atoms with Gasteiger partial charge >= 0.3 is 0 Å². The van der Waals surface area contributed by atoms with Crippen molar-refractivity contribution in [3.05, 3.63) is 22.6 Å². The Bertz CT molecular complexity index is 318. The highest BCUT2D eigenvalue weighted by molar-refractivity contribution is 9.10. The minimum atomic E-state index is -0.0434. The number of amides is 1. The topological polar surface area (TPSA) is 45.5 Å². The van der Waals surface area contributed by atoms with E-state index in [1.54, 1.807) is 11.1 Å². The Morgan fingerprint density at radius 3 is 3.08 bits per heavy atom. The predicted octanol–water partition coefficient (Wildman–Crippen LogP) is 1.39. The molecule has 1 N–H and O–H groups in total. The van der Waals surface area contributed by atoms with E-state index in [1.165, 1.54) is 6.26 Å². The molecule has 0 radical (unpaired) electrons. The van der Waals surface area contributed by atoms with Crippen molar-refractivity contribution in [3.63, 3.8) is 0 Å². The van der Waals surface area contributed by atoms with Crippen LogP contribution in [-0.4, -0.2) is 24.0 Å². The van der Waals surface area contributed by atoms with E-state index in [1.807, 2.05) is 0 Å². The fourth-order valence-corrected chi connectivity index (χ4v) is 1.70. The summed E-state index contributed by atoms with van der Waals surface area (Å²) in [6.45, 7) is 1.62. The largest absolute Gasteiger partial charge is 0.457 e. The van der Waals surface area contributed by atoms with E-state index in [9.17, 15) is 4.79 Å². The van der Waals surface area contributed by atoms with E-state index in [2.05, 4.69) is 21.4 Å². The zero-order valence-electron chi connectivity index (χ0n) is 6.92. The third-order valence-corrected chi connectivity index (χ3v) is 2.57. The molecule has 0 aliphatic carbocycles. The van der Waals surface area contributed by atoms with Gasteiger partial charge in [-0.05, 0) is 28.4 Å². The molecule has 0 spiro atoms. The van der Waals surface area contributed by atoms with Gasteiger partial charge in [0, 0.05) is 13.1 Å². The van der Waals surface area contributed by atoms with Gasteiger partial charge in [-0.15, -0.1) is 0 Å². The molecule has 1 fully saturated rings. The smallest absolute Gasteiger partial charge is 0.272 e. The van der Waals surface area contributed by atoms with Crippen LogP contribution >= 0.6 is 15.9 Å². The van der Waals surface area contributed by atoms with Gasteiger partial charge in [0.05, 0.1) is 11.8 Å². The van der Waals surface area contributed by atoms with Crippen molar-refractivity contribution in [1.82, 2.24) is 10.4 Å². The Kier molecular flexibility index (Phi) is 2.37. The summed E-state index contributed by atoms with van der Waals surface area (Å²) in [6, 6.07) is 1.66. The van der Waals surface area contributed by atoms with Gasteiger partial charge in [-0.25, -0.2) is 5.43 Å². The number of halogens is 1. The van der Waals surface area contributed by atoms with Crippen LogP contribution in [0.3, 0.4) is 0 Å². The molecule has 0 aromatic carbocycles. The molecule has 1 saturated heterocycles. The molecule has 1 aliphatic heterocycles. The number of carbonyl (C=O) groups excluding carboxylic acids is 1. The van der Waals surface area contributed by atoms with Crippen molar-refractivity contribution < 1.29 is 9.21 Å². The highest BCUT2D eigenvalue weighted by Crippen LogP contribution is 2.19. The summed E-state index contributed by atoms with van der Waals surface area (Å²) in [5, 5.41) is 1.61. The SMILES string of the molecule is O=C(c1ccoc1Br)N1CCCN1. The van der Waals surface area contributed by atoms with Crippen molar-refractivity contribution >= 4 is 21.8 Å². The van der Waals surface area contributed by atoms with Crippen LogP contribution in [0.25, 0.3) is 0 Å². The normalized spacial score (nSPS) is 16.5. The first kappa shape index (κ1) is 8.77. The molecule has 0 bridgehead atoms.